The van der Waals surface area contributed by atoms with E-state index < -0.39 is 41.4 Å². The van der Waals surface area contributed by atoms with Crippen LogP contribution in [0.3, 0.4) is 0 Å². The molecule has 0 amide bonds. The van der Waals surface area contributed by atoms with E-state index in [1.165, 1.54) is 0 Å². The van der Waals surface area contributed by atoms with Gasteiger partial charge >= 0.3 is 74.2 Å². The molecule has 0 radical (unpaired) electrons. The van der Waals surface area contributed by atoms with Gasteiger partial charge in [-0.3, -0.25) is 0 Å². The van der Waals surface area contributed by atoms with Crippen molar-refractivity contribution in [2.24, 2.45) is 0 Å². The fraction of sp³-hybridized carbons (Fsp3) is 0.833. The molecule has 0 saturated carbocycles. The van der Waals surface area contributed by atoms with Crippen molar-refractivity contribution >= 4 is 43.7 Å². The van der Waals surface area contributed by atoms with Crippen LogP contribution in [-0.4, -0.2) is 84.2 Å². The molecule has 0 aromatic carbocycles. The van der Waals surface area contributed by atoms with E-state index in [0.29, 0.717) is 0 Å². The van der Waals surface area contributed by atoms with Crippen LogP contribution in [0.25, 0.3) is 0 Å². The minimum atomic E-state index is -7.56. The summed E-state index contributed by atoms with van der Waals surface area (Å²) < 4.78 is 146. The normalized spacial score (nSPS) is 17.0. The van der Waals surface area contributed by atoms with Crippen molar-refractivity contribution in [3.05, 3.63) is 0 Å². The second-order valence-electron chi connectivity index (χ2n) is 3.27. The standard InChI is InChI=1S/C6HF12NO2.Ca.2H/c7-2(1(20)21,3(8,9)10)4(11,12)19(5(13,14)15)6(16,17)18;;;/h(H,20,21);;;. The van der Waals surface area contributed by atoms with Crippen LogP contribution in [0.15, 0.2) is 0 Å². The number of rotatable bonds is 3. The molecule has 0 spiro atoms. The Kier molecular flexibility index (Phi) is 7.00. The molecule has 16 heteroatoms. The Morgan fingerprint density at radius 1 is 0.727 bits per heavy atom. The molecule has 3 nitrogen and oxygen atoms in total. The summed E-state index contributed by atoms with van der Waals surface area (Å²) in [6.07, 6.45) is -21.8. The molecule has 0 heterocycles. The molecule has 1 N–H and O–H groups in total. The van der Waals surface area contributed by atoms with E-state index in [9.17, 15) is 57.5 Å². The summed E-state index contributed by atoms with van der Waals surface area (Å²) >= 11 is 0. The van der Waals surface area contributed by atoms with Crippen LogP contribution in [0.2, 0.25) is 0 Å². The van der Waals surface area contributed by atoms with Crippen LogP contribution in [-0.2, 0) is 4.79 Å². The summed E-state index contributed by atoms with van der Waals surface area (Å²) in [7, 11) is 0. The number of hydrogen-bond acceptors (Lipinski definition) is 2. The van der Waals surface area contributed by atoms with Crippen molar-refractivity contribution in [3.8, 4) is 0 Å². The molecule has 0 rings (SSSR count). The average Bonchev–Trinajstić information content (AvgIpc) is 2.07. The maximum atomic E-state index is 13.0. The molecule has 0 bridgehead atoms. The van der Waals surface area contributed by atoms with Crippen molar-refractivity contribution < 1.29 is 62.6 Å². The summed E-state index contributed by atoms with van der Waals surface area (Å²) in [6.45, 7) is 0. The third-order valence-corrected chi connectivity index (χ3v) is 1.89. The molecule has 0 aliphatic rings. The SMILES string of the molecule is O=C(O)C(F)(C(F)(F)F)C(F)(F)N(C(F)(F)F)C(F)(F)F.[CaH2]. The van der Waals surface area contributed by atoms with E-state index in [2.05, 4.69) is 0 Å². The quantitative estimate of drug-likeness (QED) is 0.458. The third kappa shape index (κ3) is 4.03. The molecule has 1 atom stereocenters. The molecule has 0 saturated heterocycles. The van der Waals surface area contributed by atoms with E-state index in [4.69, 9.17) is 5.11 Å². The Morgan fingerprint density at radius 3 is 1.14 bits per heavy atom. The number of nitrogens with zero attached hydrogens (tertiary/aromatic N) is 1. The number of halogens is 12. The Labute approximate surface area is 141 Å². The molecular weight excluding hydrogens is 386 g/mol. The molecular formula is C6H3CaF12NO2. The van der Waals surface area contributed by atoms with Crippen LogP contribution < -0.4 is 0 Å². The van der Waals surface area contributed by atoms with Crippen LogP contribution in [0.5, 0.6) is 0 Å². The van der Waals surface area contributed by atoms with Crippen molar-refractivity contribution in [3.63, 3.8) is 0 Å². The van der Waals surface area contributed by atoms with Gasteiger partial charge < -0.3 is 5.11 Å². The molecule has 130 valence electrons. The van der Waals surface area contributed by atoms with Gasteiger partial charge in [-0.2, -0.15) is 48.3 Å². The summed E-state index contributed by atoms with van der Waals surface area (Å²) in [6, 6.07) is -7.56. The van der Waals surface area contributed by atoms with Crippen molar-refractivity contribution in [1.82, 2.24) is 4.90 Å². The maximum absolute atomic E-state index is 13.0. The number of hydrogen-bond donors (Lipinski definition) is 1. The molecule has 0 aromatic heterocycles. The summed E-state index contributed by atoms with van der Waals surface area (Å²) in [5.74, 6) is -4.28. The predicted molar refractivity (Wildman–Crippen MR) is 45.0 cm³/mol. The van der Waals surface area contributed by atoms with Crippen LogP contribution in [0.1, 0.15) is 0 Å². The summed E-state index contributed by atoms with van der Waals surface area (Å²) in [5.41, 5.74) is -7.16. The van der Waals surface area contributed by atoms with E-state index in [1.807, 2.05) is 0 Å². The van der Waals surface area contributed by atoms with Crippen molar-refractivity contribution in [2.45, 2.75) is 30.5 Å². The van der Waals surface area contributed by atoms with Gasteiger partial charge in [-0.1, -0.05) is 4.90 Å². The van der Waals surface area contributed by atoms with Crippen molar-refractivity contribution in [2.75, 3.05) is 0 Å². The van der Waals surface area contributed by atoms with Gasteiger partial charge in [-0.15, -0.1) is 0 Å². The predicted octanol–water partition coefficient (Wildman–Crippen LogP) is 2.36. The second-order valence-corrected chi connectivity index (χ2v) is 3.27. The van der Waals surface area contributed by atoms with Gasteiger partial charge in [0.1, 0.15) is 0 Å². The zero-order chi connectivity index (χ0) is 17.7. The first-order valence-corrected chi connectivity index (χ1v) is 4.12. The number of aliphatic carboxylic acids is 1. The van der Waals surface area contributed by atoms with Gasteiger partial charge in [0, 0.05) is 0 Å². The van der Waals surface area contributed by atoms with Crippen LogP contribution in [0.4, 0.5) is 52.7 Å². The Balaban J connectivity index is 0. The Bertz CT molecular complexity index is 399. The fourth-order valence-electron chi connectivity index (χ4n) is 1.04. The first-order valence-electron chi connectivity index (χ1n) is 4.12. The van der Waals surface area contributed by atoms with Crippen LogP contribution >= 0.6 is 0 Å². The Morgan fingerprint density at radius 2 is 1.00 bits per heavy atom. The summed E-state index contributed by atoms with van der Waals surface area (Å²) in [4.78, 5) is 5.86. The monoisotopic (exact) mass is 389 g/mol. The first-order chi connectivity index (χ1) is 8.81. The molecule has 0 aliphatic heterocycles. The van der Waals surface area contributed by atoms with Gasteiger partial charge in [0.05, 0.1) is 0 Å². The third-order valence-electron chi connectivity index (χ3n) is 1.89. The summed E-state index contributed by atoms with van der Waals surface area (Å²) in [5, 5.41) is 7.75. The van der Waals surface area contributed by atoms with E-state index in [-0.39, 0.29) is 37.7 Å². The molecule has 0 fully saturated rings. The zero-order valence-corrected chi connectivity index (χ0v) is 8.84. The van der Waals surface area contributed by atoms with Crippen molar-refractivity contribution in [1.29, 1.82) is 0 Å². The van der Waals surface area contributed by atoms with Crippen LogP contribution in [0, 0.1) is 0 Å². The van der Waals surface area contributed by atoms with Gasteiger partial charge in [0.25, 0.3) is 0 Å². The zero-order valence-electron chi connectivity index (χ0n) is 8.84. The first kappa shape index (κ1) is 24.1. The topological polar surface area (TPSA) is 40.5 Å². The van der Waals surface area contributed by atoms with Gasteiger partial charge in [0.2, 0.25) is 0 Å². The second kappa shape index (κ2) is 6.39. The fourth-order valence-corrected chi connectivity index (χ4v) is 1.04. The number of carbonyl (C=O) groups is 1. The van der Waals surface area contributed by atoms with Gasteiger partial charge in [-0.05, 0) is 0 Å². The molecule has 0 aliphatic carbocycles. The molecule has 22 heavy (non-hydrogen) atoms. The minimum absolute atomic E-state index is 0. The Hall–Kier alpha value is -0.150. The van der Waals surface area contributed by atoms with E-state index in [1.54, 1.807) is 0 Å². The number of alkyl halides is 12. The van der Waals surface area contributed by atoms with E-state index >= 15 is 0 Å². The molecule has 0 aromatic rings. The van der Waals surface area contributed by atoms with Gasteiger partial charge in [0.15, 0.2) is 0 Å². The number of carboxylic acids is 1. The average molecular weight is 389 g/mol. The van der Waals surface area contributed by atoms with E-state index in [0.717, 1.165) is 0 Å². The molecule has 1 unspecified atom stereocenters. The van der Waals surface area contributed by atoms with Gasteiger partial charge in [-0.25, -0.2) is 9.18 Å². The number of carboxylic acid groups (broad SMARTS) is 1.